The molecule has 1 aliphatic rings. The molecule has 1 aliphatic heterocycles. The van der Waals surface area contributed by atoms with Crippen molar-refractivity contribution >= 4 is 5.91 Å². The number of carbonyl (C=O) groups excluding carboxylic acids is 1. The van der Waals surface area contributed by atoms with Crippen LogP contribution in [-0.2, 0) is 0 Å². The summed E-state index contributed by atoms with van der Waals surface area (Å²) in [5, 5.41) is 0. The second-order valence-corrected chi connectivity index (χ2v) is 5.16. The van der Waals surface area contributed by atoms with Crippen LogP contribution in [0.4, 0.5) is 0 Å². The molecule has 0 aliphatic carbocycles. The van der Waals surface area contributed by atoms with Crippen LogP contribution in [0.25, 0.3) is 0 Å². The Kier molecular flexibility index (Phi) is 4.15. The van der Waals surface area contributed by atoms with Gasteiger partial charge in [-0.15, -0.1) is 0 Å². The van der Waals surface area contributed by atoms with Crippen LogP contribution in [-0.4, -0.2) is 35.0 Å². The molecule has 1 saturated heterocycles. The highest BCUT2D eigenvalue weighted by molar-refractivity contribution is 5.94. The van der Waals surface area contributed by atoms with Crippen molar-refractivity contribution in [3.63, 3.8) is 0 Å². The number of pyridine rings is 1. The lowest BCUT2D eigenvalue weighted by atomic mass is 10.1. The number of piperidine rings is 1. The summed E-state index contributed by atoms with van der Waals surface area (Å²) in [4.78, 5) is 18.3. The minimum absolute atomic E-state index is 0.107. The number of ether oxygens (including phenoxy) is 1. The quantitative estimate of drug-likeness (QED) is 0.869. The number of carbonyl (C=O) groups is 1. The van der Waals surface area contributed by atoms with E-state index in [1.54, 1.807) is 12.4 Å². The monoisotopic (exact) mass is 282 g/mol. The number of amides is 1. The number of benzene rings is 1. The summed E-state index contributed by atoms with van der Waals surface area (Å²) in [6.45, 7) is 1.47. The summed E-state index contributed by atoms with van der Waals surface area (Å²) in [5.41, 5.74) is 0.754. The molecule has 0 radical (unpaired) electrons. The average molecular weight is 282 g/mol. The Hall–Kier alpha value is -2.36. The number of hydrogen-bond donors (Lipinski definition) is 0. The van der Waals surface area contributed by atoms with Crippen LogP contribution in [0, 0.1) is 0 Å². The Bertz CT molecular complexity index is 578. The maximum Gasteiger partial charge on any atom is 0.253 e. The van der Waals surface area contributed by atoms with E-state index in [1.165, 1.54) is 0 Å². The van der Waals surface area contributed by atoms with E-state index < -0.39 is 0 Å². The summed E-state index contributed by atoms with van der Waals surface area (Å²) in [6, 6.07) is 13.2. The van der Waals surface area contributed by atoms with Gasteiger partial charge in [0.05, 0.1) is 6.20 Å². The van der Waals surface area contributed by atoms with Crippen molar-refractivity contribution in [2.45, 2.75) is 18.9 Å². The largest absolute Gasteiger partial charge is 0.489 e. The van der Waals surface area contributed by atoms with Crippen molar-refractivity contribution in [2.75, 3.05) is 13.1 Å². The summed E-state index contributed by atoms with van der Waals surface area (Å²) in [6.07, 6.45) is 5.32. The highest BCUT2D eigenvalue weighted by atomic mass is 16.5. The minimum Gasteiger partial charge on any atom is -0.489 e. The summed E-state index contributed by atoms with van der Waals surface area (Å²) in [5.74, 6) is 0.903. The van der Waals surface area contributed by atoms with Crippen LogP contribution >= 0.6 is 0 Å². The van der Waals surface area contributed by atoms with Crippen LogP contribution in [0.5, 0.6) is 5.75 Å². The van der Waals surface area contributed by atoms with Gasteiger partial charge in [0.15, 0.2) is 0 Å². The first-order valence-electron chi connectivity index (χ1n) is 7.24. The molecule has 2 aromatic rings. The molecule has 3 rings (SSSR count). The Morgan fingerprint density at radius 3 is 2.52 bits per heavy atom. The highest BCUT2D eigenvalue weighted by Crippen LogP contribution is 2.19. The van der Waals surface area contributed by atoms with Crippen molar-refractivity contribution in [3.05, 3.63) is 60.4 Å². The fourth-order valence-corrected chi connectivity index (χ4v) is 2.55. The Labute approximate surface area is 124 Å². The standard InChI is InChI=1S/C17H18N2O2/c20-17(14-5-2-1-3-6-14)19-11-8-15(9-12-19)21-16-7-4-10-18-13-16/h1-7,10,13,15H,8-9,11-12H2. The molecule has 0 unspecified atom stereocenters. The second kappa shape index (κ2) is 6.39. The molecule has 1 fully saturated rings. The lowest BCUT2D eigenvalue weighted by Gasteiger charge is -2.32. The summed E-state index contributed by atoms with van der Waals surface area (Å²) in [7, 11) is 0. The Morgan fingerprint density at radius 1 is 1.10 bits per heavy atom. The smallest absolute Gasteiger partial charge is 0.253 e. The van der Waals surface area contributed by atoms with Crippen molar-refractivity contribution < 1.29 is 9.53 Å². The van der Waals surface area contributed by atoms with Crippen LogP contribution < -0.4 is 4.74 Å². The van der Waals surface area contributed by atoms with Gasteiger partial charge in [-0.25, -0.2) is 0 Å². The van der Waals surface area contributed by atoms with Gasteiger partial charge in [-0.2, -0.15) is 0 Å². The number of likely N-dealkylation sites (tertiary alicyclic amines) is 1. The van der Waals surface area contributed by atoms with Crippen LogP contribution in [0.3, 0.4) is 0 Å². The zero-order chi connectivity index (χ0) is 14.5. The van der Waals surface area contributed by atoms with Crippen molar-refractivity contribution in [1.29, 1.82) is 0 Å². The predicted octanol–water partition coefficient (Wildman–Crippen LogP) is 2.77. The number of aromatic nitrogens is 1. The summed E-state index contributed by atoms with van der Waals surface area (Å²) >= 11 is 0. The molecule has 4 heteroatoms. The number of hydrogen-bond acceptors (Lipinski definition) is 3. The molecule has 0 saturated carbocycles. The maximum atomic E-state index is 12.3. The van der Waals surface area contributed by atoms with Gasteiger partial charge < -0.3 is 9.64 Å². The topological polar surface area (TPSA) is 42.4 Å². The Balaban J connectivity index is 1.54. The van der Waals surface area contributed by atoms with E-state index in [-0.39, 0.29) is 12.0 Å². The molecule has 0 N–H and O–H groups in total. The van der Waals surface area contributed by atoms with Crippen LogP contribution in [0.15, 0.2) is 54.9 Å². The van der Waals surface area contributed by atoms with Crippen molar-refractivity contribution in [3.8, 4) is 5.75 Å². The number of nitrogens with zero attached hydrogens (tertiary/aromatic N) is 2. The van der Waals surface area contributed by atoms with Crippen LogP contribution in [0.1, 0.15) is 23.2 Å². The fraction of sp³-hybridized carbons (Fsp3) is 0.294. The van der Waals surface area contributed by atoms with Crippen molar-refractivity contribution in [2.24, 2.45) is 0 Å². The van der Waals surface area contributed by atoms with Crippen LogP contribution in [0.2, 0.25) is 0 Å². The lowest BCUT2D eigenvalue weighted by molar-refractivity contribution is 0.0595. The average Bonchev–Trinajstić information content (AvgIpc) is 2.57. The summed E-state index contributed by atoms with van der Waals surface area (Å²) < 4.78 is 5.89. The molecule has 21 heavy (non-hydrogen) atoms. The minimum atomic E-state index is 0.107. The zero-order valence-electron chi connectivity index (χ0n) is 11.8. The van der Waals surface area contributed by atoms with E-state index in [9.17, 15) is 4.79 Å². The van der Waals surface area contributed by atoms with Gasteiger partial charge in [0.1, 0.15) is 11.9 Å². The van der Waals surface area contributed by atoms with E-state index in [4.69, 9.17) is 4.74 Å². The van der Waals surface area contributed by atoms with Gasteiger partial charge in [0.2, 0.25) is 0 Å². The SMILES string of the molecule is O=C(c1ccccc1)N1CCC(Oc2cccnc2)CC1. The third-order valence-electron chi connectivity index (χ3n) is 3.69. The molecule has 4 nitrogen and oxygen atoms in total. The molecule has 1 aromatic carbocycles. The predicted molar refractivity (Wildman–Crippen MR) is 80.2 cm³/mol. The van der Waals surface area contributed by atoms with E-state index >= 15 is 0 Å². The molecule has 0 atom stereocenters. The molecule has 1 aromatic heterocycles. The van der Waals surface area contributed by atoms with E-state index in [0.717, 1.165) is 37.2 Å². The van der Waals surface area contributed by atoms with Gasteiger partial charge in [0, 0.05) is 37.7 Å². The molecule has 0 spiro atoms. The first-order chi connectivity index (χ1) is 10.3. The molecule has 108 valence electrons. The van der Waals surface area contributed by atoms with Gasteiger partial charge >= 0.3 is 0 Å². The second-order valence-electron chi connectivity index (χ2n) is 5.16. The van der Waals surface area contributed by atoms with E-state index in [0.29, 0.717) is 0 Å². The molecule has 0 bridgehead atoms. The van der Waals surface area contributed by atoms with E-state index in [1.807, 2.05) is 47.4 Å². The first-order valence-corrected chi connectivity index (χ1v) is 7.24. The molecule has 1 amide bonds. The molecular formula is C17H18N2O2. The first kappa shape index (κ1) is 13.6. The maximum absolute atomic E-state index is 12.3. The van der Waals surface area contributed by atoms with Gasteiger partial charge in [-0.1, -0.05) is 18.2 Å². The van der Waals surface area contributed by atoms with Gasteiger partial charge in [-0.05, 0) is 24.3 Å². The Morgan fingerprint density at radius 2 is 1.86 bits per heavy atom. The van der Waals surface area contributed by atoms with Crippen molar-refractivity contribution in [1.82, 2.24) is 9.88 Å². The lowest BCUT2D eigenvalue weighted by Crippen LogP contribution is -2.41. The third kappa shape index (κ3) is 3.40. The molecule has 2 heterocycles. The zero-order valence-corrected chi connectivity index (χ0v) is 11.8. The fourth-order valence-electron chi connectivity index (χ4n) is 2.55. The highest BCUT2D eigenvalue weighted by Gasteiger charge is 2.24. The number of rotatable bonds is 3. The van der Waals surface area contributed by atoms with Gasteiger partial charge in [-0.3, -0.25) is 9.78 Å². The van der Waals surface area contributed by atoms with E-state index in [2.05, 4.69) is 4.98 Å². The molecular weight excluding hydrogens is 264 g/mol. The third-order valence-corrected chi connectivity index (χ3v) is 3.69. The van der Waals surface area contributed by atoms with Gasteiger partial charge in [0.25, 0.3) is 5.91 Å². The normalized spacial score (nSPS) is 15.7.